The number of carboxylic acids is 1. The zero-order valence-corrected chi connectivity index (χ0v) is 12.7. The fourth-order valence-electron chi connectivity index (χ4n) is 1.83. The van der Waals surface area contributed by atoms with Crippen LogP contribution in [0, 0.1) is 5.92 Å². The number of aliphatic carboxylic acids is 1. The molecule has 0 heterocycles. The third-order valence-electron chi connectivity index (χ3n) is 2.95. The van der Waals surface area contributed by atoms with E-state index in [0.717, 1.165) is 0 Å². The van der Waals surface area contributed by atoms with E-state index >= 15 is 0 Å². The monoisotopic (exact) mass is 319 g/mol. The van der Waals surface area contributed by atoms with Crippen molar-refractivity contribution in [2.24, 2.45) is 11.0 Å². The Balaban J connectivity index is 2.92. The molecule has 0 saturated carbocycles. The summed E-state index contributed by atoms with van der Waals surface area (Å²) in [5, 5.41) is 16.8. The molecule has 0 aliphatic heterocycles. The summed E-state index contributed by atoms with van der Waals surface area (Å²) in [6.07, 6.45) is 0. The van der Waals surface area contributed by atoms with Crippen LogP contribution >= 0.6 is 0 Å². The van der Waals surface area contributed by atoms with Crippen LogP contribution < -0.4 is 10.6 Å². The van der Waals surface area contributed by atoms with Gasteiger partial charge in [0.15, 0.2) is 0 Å². The predicted molar refractivity (Wildman–Crippen MR) is 82.0 cm³/mol. The molecule has 1 aromatic carbocycles. The van der Waals surface area contributed by atoms with Crippen molar-refractivity contribution >= 4 is 23.5 Å². The van der Waals surface area contributed by atoms with Crippen LogP contribution in [0.25, 0.3) is 10.4 Å². The van der Waals surface area contributed by atoms with Crippen LogP contribution in [0.2, 0.25) is 0 Å². The maximum atomic E-state index is 12.3. The van der Waals surface area contributed by atoms with Crippen molar-refractivity contribution in [1.82, 2.24) is 10.6 Å². The Kier molecular flexibility index (Phi) is 6.57. The van der Waals surface area contributed by atoms with Gasteiger partial charge in [-0.2, -0.15) is 0 Å². The van der Waals surface area contributed by atoms with E-state index < -0.39 is 30.4 Å². The summed E-state index contributed by atoms with van der Waals surface area (Å²) < 4.78 is 0. The molecule has 0 unspecified atom stereocenters. The van der Waals surface area contributed by atoms with E-state index in [1.165, 1.54) is 12.1 Å². The molecule has 9 nitrogen and oxygen atoms in total. The fourth-order valence-corrected chi connectivity index (χ4v) is 1.83. The van der Waals surface area contributed by atoms with Gasteiger partial charge >= 0.3 is 5.97 Å². The lowest BCUT2D eigenvalue weighted by Crippen LogP contribution is -2.50. The van der Waals surface area contributed by atoms with Gasteiger partial charge in [0.25, 0.3) is 5.91 Å². The SMILES string of the molecule is CC(C)[C@H](NC(=O)c1ccccc1N=[N+]=[N-])C(=O)NCC(=O)O. The lowest BCUT2D eigenvalue weighted by molar-refractivity contribution is -0.138. The number of rotatable bonds is 7. The van der Waals surface area contributed by atoms with Gasteiger partial charge in [0.05, 0.1) is 5.69 Å². The molecule has 2 amide bonds. The smallest absolute Gasteiger partial charge is 0.322 e. The maximum Gasteiger partial charge on any atom is 0.322 e. The summed E-state index contributed by atoms with van der Waals surface area (Å²) in [6, 6.07) is 5.23. The molecule has 0 aliphatic carbocycles. The number of carbonyl (C=O) groups is 3. The Morgan fingerprint density at radius 3 is 2.52 bits per heavy atom. The van der Waals surface area contributed by atoms with E-state index in [1.807, 2.05) is 0 Å². The normalized spacial score (nSPS) is 11.3. The van der Waals surface area contributed by atoms with E-state index in [9.17, 15) is 14.4 Å². The van der Waals surface area contributed by atoms with Gasteiger partial charge in [-0.05, 0) is 17.5 Å². The molecule has 0 aromatic heterocycles. The number of nitrogens with zero attached hydrogens (tertiary/aromatic N) is 3. The Labute approximate surface area is 132 Å². The fraction of sp³-hybridized carbons (Fsp3) is 0.357. The van der Waals surface area contributed by atoms with Crippen molar-refractivity contribution < 1.29 is 19.5 Å². The summed E-state index contributed by atoms with van der Waals surface area (Å²) in [5.74, 6) is -2.63. The largest absolute Gasteiger partial charge is 0.480 e. The molecule has 0 bridgehead atoms. The first-order valence-corrected chi connectivity index (χ1v) is 6.81. The summed E-state index contributed by atoms with van der Waals surface area (Å²) in [4.78, 5) is 37.5. The molecule has 3 N–H and O–H groups in total. The zero-order valence-electron chi connectivity index (χ0n) is 12.7. The number of nitrogens with one attached hydrogen (secondary N) is 2. The van der Waals surface area contributed by atoms with Gasteiger partial charge in [0.1, 0.15) is 12.6 Å². The number of hydrogen-bond acceptors (Lipinski definition) is 4. The van der Waals surface area contributed by atoms with Gasteiger partial charge in [-0.1, -0.05) is 37.2 Å². The van der Waals surface area contributed by atoms with Crippen molar-refractivity contribution in [2.75, 3.05) is 6.54 Å². The van der Waals surface area contributed by atoms with Crippen molar-refractivity contribution in [3.8, 4) is 0 Å². The van der Waals surface area contributed by atoms with Crippen molar-refractivity contribution in [3.63, 3.8) is 0 Å². The molecule has 23 heavy (non-hydrogen) atoms. The van der Waals surface area contributed by atoms with Gasteiger partial charge in [0.2, 0.25) is 5.91 Å². The van der Waals surface area contributed by atoms with Crippen LogP contribution in [0.15, 0.2) is 29.4 Å². The number of carboxylic acid groups (broad SMARTS) is 1. The third kappa shape index (κ3) is 5.33. The molecule has 0 aliphatic rings. The Morgan fingerprint density at radius 1 is 1.30 bits per heavy atom. The number of azide groups is 1. The minimum Gasteiger partial charge on any atom is -0.480 e. The topological polar surface area (TPSA) is 144 Å². The quantitative estimate of drug-likeness (QED) is 0.398. The van der Waals surface area contributed by atoms with E-state index in [0.29, 0.717) is 0 Å². The van der Waals surface area contributed by atoms with E-state index in [1.54, 1.807) is 26.0 Å². The third-order valence-corrected chi connectivity index (χ3v) is 2.95. The first kappa shape index (κ1) is 18.0. The highest BCUT2D eigenvalue weighted by molar-refractivity contribution is 6.01. The lowest BCUT2D eigenvalue weighted by atomic mass is 10.0. The summed E-state index contributed by atoms with van der Waals surface area (Å²) in [5.41, 5.74) is 8.78. The molecule has 0 fully saturated rings. The molecule has 122 valence electrons. The number of hydrogen-bond donors (Lipinski definition) is 3. The molecule has 0 spiro atoms. The van der Waals surface area contributed by atoms with Crippen LogP contribution in [-0.4, -0.2) is 35.5 Å². The highest BCUT2D eigenvalue weighted by atomic mass is 16.4. The zero-order chi connectivity index (χ0) is 17.4. The first-order chi connectivity index (χ1) is 10.9. The minimum atomic E-state index is -1.18. The van der Waals surface area contributed by atoms with Crippen LogP contribution in [0.1, 0.15) is 24.2 Å². The van der Waals surface area contributed by atoms with Crippen molar-refractivity contribution in [1.29, 1.82) is 0 Å². The van der Waals surface area contributed by atoms with Gasteiger partial charge < -0.3 is 15.7 Å². The van der Waals surface area contributed by atoms with Crippen LogP contribution in [0.5, 0.6) is 0 Å². The number of carbonyl (C=O) groups excluding carboxylic acids is 2. The summed E-state index contributed by atoms with van der Waals surface area (Å²) in [6.45, 7) is 2.89. The second kappa shape index (κ2) is 8.40. The number of benzene rings is 1. The van der Waals surface area contributed by atoms with Gasteiger partial charge in [0, 0.05) is 10.5 Å². The highest BCUT2D eigenvalue weighted by Gasteiger charge is 2.25. The first-order valence-electron chi connectivity index (χ1n) is 6.81. The Hall–Kier alpha value is -3.06. The van der Waals surface area contributed by atoms with Crippen molar-refractivity contribution in [2.45, 2.75) is 19.9 Å². The average Bonchev–Trinajstić information content (AvgIpc) is 2.50. The Bertz CT molecular complexity index is 652. The molecular weight excluding hydrogens is 302 g/mol. The summed E-state index contributed by atoms with van der Waals surface area (Å²) >= 11 is 0. The summed E-state index contributed by atoms with van der Waals surface area (Å²) in [7, 11) is 0. The van der Waals surface area contributed by atoms with Crippen LogP contribution in [0.4, 0.5) is 5.69 Å². The average molecular weight is 319 g/mol. The second-order valence-electron chi connectivity index (χ2n) is 5.01. The molecule has 0 radical (unpaired) electrons. The van der Waals surface area contributed by atoms with Crippen molar-refractivity contribution in [3.05, 3.63) is 40.3 Å². The predicted octanol–water partition coefficient (Wildman–Crippen LogP) is 1.58. The van der Waals surface area contributed by atoms with E-state index in [4.69, 9.17) is 10.6 Å². The maximum absolute atomic E-state index is 12.3. The molecule has 1 atom stereocenters. The van der Waals surface area contributed by atoms with Crippen LogP contribution in [-0.2, 0) is 9.59 Å². The van der Waals surface area contributed by atoms with E-state index in [-0.39, 0.29) is 17.2 Å². The highest BCUT2D eigenvalue weighted by Crippen LogP contribution is 2.19. The molecule has 0 saturated heterocycles. The van der Waals surface area contributed by atoms with Gasteiger partial charge in [-0.3, -0.25) is 14.4 Å². The molecule has 1 rings (SSSR count). The standard InChI is InChI=1S/C14H17N5O4/c1-8(2)12(14(23)16-7-11(20)21)17-13(22)9-5-3-4-6-10(9)18-19-15/h3-6,8,12H,7H2,1-2H3,(H,16,23)(H,17,22)(H,20,21)/t12-/m0/s1. The molecular formula is C14H17N5O4. The van der Waals surface area contributed by atoms with Gasteiger partial charge in [-0.25, -0.2) is 0 Å². The minimum absolute atomic E-state index is 0.127. The lowest BCUT2D eigenvalue weighted by Gasteiger charge is -2.21. The van der Waals surface area contributed by atoms with Crippen LogP contribution in [0.3, 0.4) is 0 Å². The molecule has 9 heteroatoms. The van der Waals surface area contributed by atoms with E-state index in [2.05, 4.69) is 20.7 Å². The molecule has 1 aromatic rings. The van der Waals surface area contributed by atoms with Gasteiger partial charge in [-0.15, -0.1) is 0 Å². The number of amides is 2. The second-order valence-corrected chi connectivity index (χ2v) is 5.01. The Morgan fingerprint density at radius 2 is 1.96 bits per heavy atom.